The topological polar surface area (TPSA) is 44.7 Å². The van der Waals surface area contributed by atoms with Crippen LogP contribution in [0.3, 0.4) is 0 Å². The van der Waals surface area contributed by atoms with Crippen LogP contribution in [0.5, 0.6) is 0 Å². The lowest BCUT2D eigenvalue weighted by molar-refractivity contribution is 0.0436. The summed E-state index contributed by atoms with van der Waals surface area (Å²) in [5, 5.41) is 12.7. The molecule has 1 aliphatic rings. The van der Waals surface area contributed by atoms with E-state index in [-0.39, 0.29) is 12.6 Å². The maximum absolute atomic E-state index is 9.33. The van der Waals surface area contributed by atoms with Gasteiger partial charge in [0.25, 0.3) is 0 Å². The Hall–Kier alpha value is -0.160. The first-order valence-corrected chi connectivity index (χ1v) is 5.80. The van der Waals surface area contributed by atoms with Crippen LogP contribution >= 0.6 is 0 Å². The first-order valence-electron chi connectivity index (χ1n) is 5.80. The predicted octanol–water partition coefficient (Wildman–Crippen LogP) is -0.0749. The van der Waals surface area contributed by atoms with Gasteiger partial charge in [-0.25, -0.2) is 0 Å². The number of nitrogens with one attached hydrogen (secondary N) is 1. The Bertz CT molecular complexity index is 159. The second-order valence-corrected chi connectivity index (χ2v) is 4.50. The molecule has 4 heteroatoms. The zero-order valence-electron chi connectivity index (χ0n) is 9.91. The van der Waals surface area contributed by atoms with Gasteiger partial charge in [-0.15, -0.1) is 0 Å². The van der Waals surface area contributed by atoms with Crippen molar-refractivity contribution >= 4 is 0 Å². The van der Waals surface area contributed by atoms with Crippen molar-refractivity contribution in [1.29, 1.82) is 0 Å². The molecule has 0 aliphatic carbocycles. The van der Waals surface area contributed by atoms with Crippen LogP contribution in [-0.4, -0.2) is 63.1 Å². The van der Waals surface area contributed by atoms with Gasteiger partial charge >= 0.3 is 0 Å². The molecule has 0 spiro atoms. The maximum atomic E-state index is 9.33. The quantitative estimate of drug-likeness (QED) is 0.652. The van der Waals surface area contributed by atoms with E-state index < -0.39 is 0 Å². The Morgan fingerprint density at radius 3 is 2.60 bits per heavy atom. The summed E-state index contributed by atoms with van der Waals surface area (Å²) in [6, 6.07) is 0.244. The Kier molecular flexibility index (Phi) is 6.17. The largest absolute Gasteiger partial charge is 0.395 e. The minimum absolute atomic E-state index is 0.234. The summed E-state index contributed by atoms with van der Waals surface area (Å²) in [6.45, 7) is 3.88. The molecule has 1 heterocycles. The summed E-state index contributed by atoms with van der Waals surface area (Å²) < 4.78 is 5.32. The van der Waals surface area contributed by atoms with Crippen molar-refractivity contribution < 1.29 is 9.84 Å². The maximum Gasteiger partial charge on any atom is 0.0587 e. The zero-order chi connectivity index (χ0) is 11.1. The van der Waals surface area contributed by atoms with E-state index in [0.29, 0.717) is 5.92 Å². The van der Waals surface area contributed by atoms with E-state index in [4.69, 9.17) is 4.74 Å². The Labute approximate surface area is 92.6 Å². The average molecular weight is 216 g/mol. The molecule has 1 saturated heterocycles. The molecule has 0 amide bonds. The first kappa shape index (κ1) is 12.9. The van der Waals surface area contributed by atoms with E-state index in [2.05, 4.69) is 24.3 Å². The molecule has 0 radical (unpaired) electrons. The summed E-state index contributed by atoms with van der Waals surface area (Å²) in [6.07, 6.45) is 2.14. The van der Waals surface area contributed by atoms with Gasteiger partial charge in [-0.3, -0.25) is 0 Å². The number of aliphatic hydroxyl groups is 1. The highest BCUT2D eigenvalue weighted by molar-refractivity contribution is 4.78. The van der Waals surface area contributed by atoms with E-state index in [1.54, 1.807) is 0 Å². The third-order valence-corrected chi connectivity index (χ3v) is 3.00. The van der Waals surface area contributed by atoms with Crippen molar-refractivity contribution in [2.75, 3.05) is 47.0 Å². The van der Waals surface area contributed by atoms with Gasteiger partial charge in [-0.2, -0.15) is 0 Å². The summed E-state index contributed by atoms with van der Waals surface area (Å²) in [5.74, 6) is 0.575. The monoisotopic (exact) mass is 216 g/mol. The molecule has 0 aromatic heterocycles. The van der Waals surface area contributed by atoms with Crippen molar-refractivity contribution in [3.63, 3.8) is 0 Å². The lowest BCUT2D eigenvalue weighted by Gasteiger charge is -2.30. The molecule has 0 aromatic rings. The Morgan fingerprint density at radius 2 is 2.07 bits per heavy atom. The van der Waals surface area contributed by atoms with Gasteiger partial charge in [-0.1, -0.05) is 0 Å². The van der Waals surface area contributed by atoms with E-state index in [1.165, 1.54) is 0 Å². The number of likely N-dealkylation sites (N-methyl/N-ethyl adjacent to an activating group) is 1. The fraction of sp³-hybridized carbons (Fsp3) is 1.00. The number of rotatable bonds is 6. The predicted molar refractivity (Wildman–Crippen MR) is 61.0 cm³/mol. The number of nitrogens with zero attached hydrogens (tertiary/aromatic N) is 1. The molecule has 1 rings (SSSR count). The van der Waals surface area contributed by atoms with Crippen molar-refractivity contribution in [2.45, 2.75) is 18.9 Å². The van der Waals surface area contributed by atoms with Crippen molar-refractivity contribution in [3.8, 4) is 0 Å². The fourth-order valence-corrected chi connectivity index (χ4v) is 1.97. The molecular weight excluding hydrogens is 192 g/mol. The third kappa shape index (κ3) is 4.93. The van der Waals surface area contributed by atoms with Gasteiger partial charge in [0, 0.05) is 32.3 Å². The highest BCUT2D eigenvalue weighted by atomic mass is 16.5. The molecule has 15 heavy (non-hydrogen) atoms. The molecule has 0 saturated carbocycles. The minimum atomic E-state index is 0.234. The molecule has 1 fully saturated rings. The molecule has 90 valence electrons. The molecule has 4 nitrogen and oxygen atoms in total. The summed E-state index contributed by atoms with van der Waals surface area (Å²) in [5.41, 5.74) is 0. The van der Waals surface area contributed by atoms with Crippen LogP contribution in [-0.2, 0) is 4.74 Å². The number of ether oxygens (including phenoxy) is 1. The van der Waals surface area contributed by atoms with E-state index >= 15 is 0 Å². The summed E-state index contributed by atoms with van der Waals surface area (Å²) in [7, 11) is 4.12. The third-order valence-electron chi connectivity index (χ3n) is 3.00. The molecule has 0 aromatic carbocycles. The Balaban J connectivity index is 2.21. The molecular formula is C11H24N2O2. The molecule has 1 unspecified atom stereocenters. The average Bonchev–Trinajstić information content (AvgIpc) is 2.25. The smallest absolute Gasteiger partial charge is 0.0587 e. The molecule has 1 aliphatic heterocycles. The van der Waals surface area contributed by atoms with Crippen LogP contribution in [0, 0.1) is 5.92 Å². The lowest BCUT2D eigenvalue weighted by atomic mass is 9.92. The fourth-order valence-electron chi connectivity index (χ4n) is 1.97. The highest BCUT2D eigenvalue weighted by Gasteiger charge is 2.22. The van der Waals surface area contributed by atoms with E-state index in [0.717, 1.165) is 39.1 Å². The van der Waals surface area contributed by atoms with Gasteiger partial charge in [-0.05, 0) is 32.9 Å². The minimum Gasteiger partial charge on any atom is -0.395 e. The number of aliphatic hydroxyl groups excluding tert-OH is 1. The van der Waals surface area contributed by atoms with Crippen LogP contribution in [0.15, 0.2) is 0 Å². The van der Waals surface area contributed by atoms with Crippen LogP contribution in [0.1, 0.15) is 12.8 Å². The van der Waals surface area contributed by atoms with E-state index in [9.17, 15) is 5.11 Å². The van der Waals surface area contributed by atoms with Crippen molar-refractivity contribution in [2.24, 2.45) is 5.92 Å². The first-order chi connectivity index (χ1) is 7.24. The zero-order valence-corrected chi connectivity index (χ0v) is 9.91. The Morgan fingerprint density at radius 1 is 1.40 bits per heavy atom. The van der Waals surface area contributed by atoms with Crippen LogP contribution in [0.2, 0.25) is 0 Å². The van der Waals surface area contributed by atoms with E-state index in [1.807, 2.05) is 0 Å². The number of hydrogen-bond donors (Lipinski definition) is 2. The SMILES string of the molecule is CN(C)CCNC(CO)C1CCOCC1. The highest BCUT2D eigenvalue weighted by Crippen LogP contribution is 2.18. The standard InChI is InChI=1S/C11H24N2O2/c1-13(2)6-5-12-11(9-14)10-3-7-15-8-4-10/h10-12,14H,3-9H2,1-2H3. The van der Waals surface area contributed by atoms with Crippen molar-refractivity contribution in [3.05, 3.63) is 0 Å². The second-order valence-electron chi connectivity index (χ2n) is 4.50. The van der Waals surface area contributed by atoms with Crippen LogP contribution in [0.25, 0.3) is 0 Å². The van der Waals surface area contributed by atoms with Gasteiger partial charge in [0.2, 0.25) is 0 Å². The van der Waals surface area contributed by atoms with Gasteiger partial charge in [0.1, 0.15) is 0 Å². The second kappa shape index (κ2) is 7.17. The van der Waals surface area contributed by atoms with Crippen LogP contribution < -0.4 is 5.32 Å². The number of hydrogen-bond acceptors (Lipinski definition) is 4. The summed E-state index contributed by atoms with van der Waals surface area (Å²) in [4.78, 5) is 2.14. The van der Waals surface area contributed by atoms with Gasteiger partial charge < -0.3 is 20.1 Å². The lowest BCUT2D eigenvalue weighted by Crippen LogP contribution is -2.44. The normalized spacial score (nSPS) is 20.8. The summed E-state index contributed by atoms with van der Waals surface area (Å²) >= 11 is 0. The van der Waals surface area contributed by atoms with Crippen molar-refractivity contribution in [1.82, 2.24) is 10.2 Å². The van der Waals surface area contributed by atoms with Gasteiger partial charge in [0.05, 0.1) is 6.61 Å². The molecule has 0 bridgehead atoms. The van der Waals surface area contributed by atoms with Gasteiger partial charge in [0.15, 0.2) is 0 Å². The molecule has 2 N–H and O–H groups in total. The van der Waals surface area contributed by atoms with Crippen LogP contribution in [0.4, 0.5) is 0 Å². The molecule has 1 atom stereocenters.